The molecule has 3 aromatic rings. The first-order valence-electron chi connectivity index (χ1n) is 16.0. The Labute approximate surface area is 261 Å². The topological polar surface area (TPSA) is 140 Å². The molecule has 45 heavy (non-hydrogen) atoms. The number of carbonyl (C=O) groups excluding carboxylic acids is 3. The molecule has 4 aliphatic heterocycles. The molecule has 1 N–H and O–H groups in total. The number of aromatic nitrogens is 2. The SMILES string of the molecule is CC(C)c1ocnc1C(=O)N1CCCOc2cccc3c2OC[C@@]2(CNC(=O)CCC1)CN(C(=O)c1cc(C4CC4)no1)C[C@@H]32. The summed E-state index contributed by atoms with van der Waals surface area (Å²) in [6.45, 7) is 6.66. The molecule has 12 nitrogen and oxygen atoms in total. The molecule has 1 saturated carbocycles. The van der Waals surface area contributed by atoms with Crippen molar-refractivity contribution in [1.29, 1.82) is 0 Å². The number of fused-ring (bicyclic) bond motifs is 11. The normalized spacial score (nSPS) is 23.8. The Kier molecular flexibility index (Phi) is 7.74. The van der Waals surface area contributed by atoms with E-state index in [1.54, 1.807) is 15.9 Å². The number of rotatable bonds is 4. The molecule has 8 rings (SSSR count). The molecular weight excluding hydrogens is 578 g/mol. The van der Waals surface area contributed by atoms with Crippen molar-refractivity contribution in [1.82, 2.24) is 25.3 Å². The Morgan fingerprint density at radius 3 is 2.76 bits per heavy atom. The van der Waals surface area contributed by atoms with Crippen molar-refractivity contribution >= 4 is 17.7 Å². The van der Waals surface area contributed by atoms with Gasteiger partial charge in [0.1, 0.15) is 5.76 Å². The van der Waals surface area contributed by atoms with Gasteiger partial charge in [-0.2, -0.15) is 0 Å². The summed E-state index contributed by atoms with van der Waals surface area (Å²) in [6.07, 6.45) is 4.77. The third kappa shape index (κ3) is 5.66. The number of amides is 3. The number of oxazole rings is 1. The maximum Gasteiger partial charge on any atom is 0.292 e. The molecule has 1 spiro atoms. The maximum absolute atomic E-state index is 13.6. The molecule has 3 amide bonds. The second-order valence-corrected chi connectivity index (χ2v) is 13.0. The van der Waals surface area contributed by atoms with Crippen LogP contribution in [0.4, 0.5) is 0 Å². The van der Waals surface area contributed by atoms with Gasteiger partial charge in [-0.15, -0.1) is 0 Å². The fourth-order valence-corrected chi connectivity index (χ4v) is 6.86. The quantitative estimate of drug-likeness (QED) is 0.458. The number of hydrogen-bond acceptors (Lipinski definition) is 9. The third-order valence-corrected chi connectivity index (χ3v) is 9.47. The van der Waals surface area contributed by atoms with E-state index in [-0.39, 0.29) is 41.7 Å². The van der Waals surface area contributed by atoms with Crippen LogP contribution in [0, 0.1) is 5.41 Å². The number of para-hydroxylation sites is 1. The Balaban J connectivity index is 1.12. The smallest absolute Gasteiger partial charge is 0.292 e. The van der Waals surface area contributed by atoms with Crippen molar-refractivity contribution in [3.05, 3.63) is 59.1 Å². The standard InChI is InChI=1S/C33H39N5O7/c1-20(2)29-28(35-19-44-29)32(41)37-11-4-8-27(39)34-16-33-17-38(31(40)26-14-24(36-45-26)21-9-10-21)15-23(33)22-6-3-7-25(30(22)43-18-33)42-13-5-12-37/h3,6-7,14,19-21,23H,4-5,8-13,15-18H2,1-2H3,(H,34,39)/t23-,33+/m0/s1. The minimum Gasteiger partial charge on any atom is -0.490 e. The van der Waals surface area contributed by atoms with Gasteiger partial charge in [0.15, 0.2) is 23.6 Å². The van der Waals surface area contributed by atoms with Crippen LogP contribution >= 0.6 is 0 Å². The molecular formula is C33H39N5O7. The fraction of sp³-hybridized carbons (Fsp3) is 0.545. The largest absolute Gasteiger partial charge is 0.490 e. The first kappa shape index (κ1) is 29.4. The van der Waals surface area contributed by atoms with E-state index in [9.17, 15) is 14.4 Å². The molecule has 6 heterocycles. The summed E-state index contributed by atoms with van der Waals surface area (Å²) in [4.78, 5) is 48.0. The van der Waals surface area contributed by atoms with Crippen molar-refractivity contribution in [3.8, 4) is 11.5 Å². The monoisotopic (exact) mass is 617 g/mol. The van der Waals surface area contributed by atoms with Crippen LogP contribution in [0.1, 0.15) is 102 Å². The van der Waals surface area contributed by atoms with E-state index in [1.807, 2.05) is 32.0 Å². The lowest BCUT2D eigenvalue weighted by Gasteiger charge is -2.39. The molecule has 1 aromatic carbocycles. The third-order valence-electron chi connectivity index (χ3n) is 9.47. The van der Waals surface area contributed by atoms with E-state index in [2.05, 4.69) is 15.5 Å². The Morgan fingerprint density at radius 1 is 1.09 bits per heavy atom. The van der Waals surface area contributed by atoms with E-state index >= 15 is 0 Å². The van der Waals surface area contributed by atoms with Gasteiger partial charge >= 0.3 is 0 Å². The Morgan fingerprint density at radius 2 is 1.93 bits per heavy atom. The second kappa shape index (κ2) is 11.9. The predicted molar refractivity (Wildman–Crippen MR) is 160 cm³/mol. The van der Waals surface area contributed by atoms with Gasteiger partial charge in [-0.1, -0.05) is 31.1 Å². The lowest BCUT2D eigenvalue weighted by atomic mass is 9.73. The number of carbonyl (C=O) groups is 3. The van der Waals surface area contributed by atoms with Gasteiger partial charge in [0.2, 0.25) is 11.7 Å². The molecule has 4 bridgehead atoms. The summed E-state index contributed by atoms with van der Waals surface area (Å²) in [5, 5.41) is 7.27. The van der Waals surface area contributed by atoms with Gasteiger partial charge in [0.05, 0.1) is 18.9 Å². The van der Waals surface area contributed by atoms with Gasteiger partial charge in [0.25, 0.3) is 11.8 Å². The molecule has 238 valence electrons. The number of nitrogens with one attached hydrogen (secondary N) is 1. The molecule has 12 heteroatoms. The lowest BCUT2D eigenvalue weighted by Crippen LogP contribution is -2.48. The molecule has 2 aromatic heterocycles. The summed E-state index contributed by atoms with van der Waals surface area (Å²) >= 11 is 0. The number of nitrogens with zero attached hydrogens (tertiary/aromatic N) is 4. The zero-order valence-corrected chi connectivity index (χ0v) is 25.8. The van der Waals surface area contributed by atoms with Crippen LogP contribution in [0.5, 0.6) is 11.5 Å². The minimum atomic E-state index is -0.532. The molecule has 2 atom stereocenters. The molecule has 1 aliphatic carbocycles. The van der Waals surface area contributed by atoms with Gasteiger partial charge in [-0.05, 0) is 31.7 Å². The van der Waals surface area contributed by atoms with Crippen LogP contribution in [0.2, 0.25) is 0 Å². The van der Waals surface area contributed by atoms with Crippen molar-refractivity contribution in [2.45, 2.75) is 63.7 Å². The molecule has 1 saturated heterocycles. The van der Waals surface area contributed by atoms with E-state index in [0.717, 1.165) is 24.1 Å². The van der Waals surface area contributed by atoms with E-state index in [1.165, 1.54) is 6.39 Å². The van der Waals surface area contributed by atoms with E-state index in [0.29, 0.717) is 87.7 Å². The Bertz CT molecular complexity index is 1590. The highest BCUT2D eigenvalue weighted by molar-refractivity contribution is 5.93. The highest BCUT2D eigenvalue weighted by Crippen LogP contribution is 2.52. The zero-order chi connectivity index (χ0) is 31.1. The molecule has 0 radical (unpaired) electrons. The van der Waals surface area contributed by atoms with Crippen molar-refractivity contribution in [2.24, 2.45) is 5.41 Å². The average molecular weight is 618 g/mol. The fourth-order valence-electron chi connectivity index (χ4n) is 6.86. The Hall–Kier alpha value is -4.35. The van der Waals surface area contributed by atoms with Crippen LogP contribution in [0.25, 0.3) is 0 Å². The van der Waals surface area contributed by atoms with Crippen LogP contribution < -0.4 is 14.8 Å². The summed E-state index contributed by atoms with van der Waals surface area (Å²) in [6, 6.07) is 7.61. The summed E-state index contributed by atoms with van der Waals surface area (Å²) < 4.78 is 23.6. The van der Waals surface area contributed by atoms with Gasteiger partial charge in [0, 0.05) is 73.9 Å². The number of benzene rings is 1. The van der Waals surface area contributed by atoms with Gasteiger partial charge in [-0.3, -0.25) is 14.4 Å². The molecule has 5 aliphatic rings. The van der Waals surface area contributed by atoms with Gasteiger partial charge < -0.3 is 33.5 Å². The highest BCUT2D eigenvalue weighted by Gasteiger charge is 2.53. The minimum absolute atomic E-state index is 0.0121. The first-order valence-corrected chi connectivity index (χ1v) is 16.0. The first-order chi connectivity index (χ1) is 21.8. The van der Waals surface area contributed by atoms with Crippen LogP contribution in [0.3, 0.4) is 0 Å². The van der Waals surface area contributed by atoms with Crippen LogP contribution in [-0.4, -0.2) is 83.6 Å². The number of likely N-dealkylation sites (tertiary alicyclic amines) is 1. The summed E-state index contributed by atoms with van der Waals surface area (Å²) in [7, 11) is 0. The van der Waals surface area contributed by atoms with Crippen LogP contribution in [0.15, 0.2) is 39.6 Å². The predicted octanol–water partition coefficient (Wildman–Crippen LogP) is 4.10. The van der Waals surface area contributed by atoms with Crippen molar-refractivity contribution < 1.29 is 32.8 Å². The number of hydrogen-bond donors (Lipinski definition) is 1. The number of ether oxygens (including phenoxy) is 2. The zero-order valence-electron chi connectivity index (χ0n) is 25.8. The van der Waals surface area contributed by atoms with Crippen LogP contribution in [-0.2, 0) is 4.79 Å². The highest BCUT2D eigenvalue weighted by atomic mass is 16.5. The average Bonchev–Trinajstić information content (AvgIpc) is 3.42. The van der Waals surface area contributed by atoms with E-state index < -0.39 is 5.41 Å². The maximum atomic E-state index is 13.6. The van der Waals surface area contributed by atoms with E-state index in [4.69, 9.17) is 18.4 Å². The van der Waals surface area contributed by atoms with Crippen molar-refractivity contribution in [2.75, 3.05) is 45.9 Å². The molecule has 2 fully saturated rings. The van der Waals surface area contributed by atoms with Gasteiger partial charge in [-0.25, -0.2) is 4.98 Å². The molecule has 0 unspecified atom stereocenters. The second-order valence-electron chi connectivity index (χ2n) is 13.0. The lowest BCUT2D eigenvalue weighted by molar-refractivity contribution is -0.122. The summed E-state index contributed by atoms with van der Waals surface area (Å²) in [5.41, 5.74) is 1.57. The van der Waals surface area contributed by atoms with Crippen molar-refractivity contribution in [3.63, 3.8) is 0 Å². The summed E-state index contributed by atoms with van der Waals surface area (Å²) in [5.74, 6) is 1.90.